The number of nitrogens with zero attached hydrogens (tertiary/aromatic N) is 4. The van der Waals surface area contributed by atoms with Gasteiger partial charge in [-0.2, -0.15) is 4.98 Å². The third-order valence-corrected chi connectivity index (χ3v) is 7.72. The van der Waals surface area contributed by atoms with Gasteiger partial charge in [0.25, 0.3) is 5.91 Å². The molecule has 9 nitrogen and oxygen atoms in total. The molecule has 212 valence electrons. The third kappa shape index (κ3) is 6.76. The number of amides is 2. The van der Waals surface area contributed by atoms with E-state index in [9.17, 15) is 14.0 Å². The molecule has 11 heteroatoms. The van der Waals surface area contributed by atoms with Gasteiger partial charge in [-0.25, -0.2) is 13.7 Å². The van der Waals surface area contributed by atoms with Gasteiger partial charge in [-0.1, -0.05) is 23.8 Å². The Balaban J connectivity index is 1.22. The number of thiazole rings is 1. The summed E-state index contributed by atoms with van der Waals surface area (Å²) in [6.07, 6.45) is 4.23. The standard InChI is InChI=1S/C29H35FN6O3S/c1-29(2,3)39-28(38)32-18-19-8-10-21(22(30)16-19)25-33-27-36(34-25)23-11-9-20(17-24(23)40-27)26(37)31-12-7-15-35-13-5-4-6-14-35/h8-11,16-17H,4-7,12-15,18H2,1-3H3,(H,31,37)(H,32,38). The van der Waals surface area contributed by atoms with Crippen LogP contribution in [0.5, 0.6) is 0 Å². The Kier molecular flexibility index (Phi) is 8.32. The number of hydrogen-bond donors (Lipinski definition) is 2. The van der Waals surface area contributed by atoms with Crippen LogP contribution < -0.4 is 10.6 Å². The lowest BCUT2D eigenvalue weighted by molar-refractivity contribution is 0.0523. The number of fused-ring (bicyclic) bond motifs is 3. The number of carbonyl (C=O) groups excluding carboxylic acids is 2. The second-order valence-corrected chi connectivity index (χ2v) is 12.1. The molecule has 1 saturated heterocycles. The minimum Gasteiger partial charge on any atom is -0.444 e. The fourth-order valence-electron chi connectivity index (χ4n) is 4.77. The van der Waals surface area contributed by atoms with Crippen LogP contribution in [0.3, 0.4) is 0 Å². The van der Waals surface area contributed by atoms with E-state index in [1.807, 2.05) is 12.1 Å². The number of hydrogen-bond acceptors (Lipinski definition) is 7. The van der Waals surface area contributed by atoms with Gasteiger partial charge in [0.1, 0.15) is 11.4 Å². The lowest BCUT2D eigenvalue weighted by Crippen LogP contribution is -2.33. The summed E-state index contributed by atoms with van der Waals surface area (Å²) >= 11 is 1.40. The van der Waals surface area contributed by atoms with E-state index in [2.05, 4.69) is 25.6 Å². The average molecular weight is 567 g/mol. The predicted molar refractivity (Wildman–Crippen MR) is 154 cm³/mol. The number of piperidine rings is 1. The first kappa shape index (κ1) is 28.0. The van der Waals surface area contributed by atoms with E-state index >= 15 is 0 Å². The number of alkyl carbamates (subject to hydrolysis) is 1. The maximum Gasteiger partial charge on any atom is 0.407 e. The first-order valence-electron chi connectivity index (χ1n) is 13.7. The summed E-state index contributed by atoms with van der Waals surface area (Å²) in [6.45, 7) is 9.45. The van der Waals surface area contributed by atoms with Gasteiger partial charge < -0.3 is 20.3 Å². The van der Waals surface area contributed by atoms with Crippen molar-refractivity contribution < 1.29 is 18.7 Å². The highest BCUT2D eigenvalue weighted by atomic mass is 32.1. The number of aromatic nitrogens is 3. The van der Waals surface area contributed by atoms with E-state index in [-0.39, 0.29) is 23.8 Å². The van der Waals surface area contributed by atoms with Gasteiger partial charge in [-0.15, -0.1) is 5.10 Å². The maximum atomic E-state index is 15.0. The molecule has 4 aromatic rings. The molecule has 0 bridgehead atoms. The Morgan fingerprint density at radius 2 is 1.88 bits per heavy atom. The van der Waals surface area contributed by atoms with Crippen LogP contribution in [0.15, 0.2) is 36.4 Å². The fraction of sp³-hybridized carbons (Fsp3) is 0.448. The van der Waals surface area contributed by atoms with E-state index in [0.717, 1.165) is 36.3 Å². The largest absolute Gasteiger partial charge is 0.444 e. The number of halogens is 1. The molecule has 1 fully saturated rings. The third-order valence-electron chi connectivity index (χ3n) is 6.72. The molecule has 3 heterocycles. The van der Waals surface area contributed by atoms with Crippen molar-refractivity contribution in [2.75, 3.05) is 26.2 Å². The number of carbonyl (C=O) groups is 2. The first-order valence-corrected chi connectivity index (χ1v) is 14.5. The van der Waals surface area contributed by atoms with Crippen LogP contribution in [0.25, 0.3) is 26.6 Å². The molecule has 0 saturated carbocycles. The Bertz CT molecular complexity index is 1520. The average Bonchev–Trinajstić information content (AvgIpc) is 3.47. The highest BCUT2D eigenvalue weighted by molar-refractivity contribution is 7.23. The normalized spacial score (nSPS) is 14.5. The summed E-state index contributed by atoms with van der Waals surface area (Å²) in [4.78, 5) is 32.2. The van der Waals surface area contributed by atoms with Crippen molar-refractivity contribution in [3.8, 4) is 11.4 Å². The molecule has 1 aliphatic rings. The van der Waals surface area contributed by atoms with Gasteiger partial charge in [-0.3, -0.25) is 4.79 Å². The van der Waals surface area contributed by atoms with Crippen molar-refractivity contribution in [3.05, 3.63) is 53.3 Å². The van der Waals surface area contributed by atoms with Crippen LogP contribution in [0.2, 0.25) is 0 Å². The molecule has 40 heavy (non-hydrogen) atoms. The van der Waals surface area contributed by atoms with Gasteiger partial charge in [0.2, 0.25) is 4.96 Å². The van der Waals surface area contributed by atoms with Crippen molar-refractivity contribution >= 4 is 38.5 Å². The molecule has 2 N–H and O–H groups in total. The number of ether oxygens (including phenoxy) is 1. The Morgan fingerprint density at radius 1 is 1.07 bits per heavy atom. The van der Waals surface area contributed by atoms with Crippen LogP contribution in [0, 0.1) is 5.82 Å². The zero-order valence-corrected chi connectivity index (χ0v) is 23.9. The van der Waals surface area contributed by atoms with E-state index in [0.29, 0.717) is 22.6 Å². The second-order valence-electron chi connectivity index (χ2n) is 11.1. The Morgan fingerprint density at radius 3 is 2.62 bits per heavy atom. The summed E-state index contributed by atoms with van der Waals surface area (Å²) in [5.41, 5.74) is 1.65. The number of nitrogens with one attached hydrogen (secondary N) is 2. The van der Waals surface area contributed by atoms with Gasteiger partial charge in [0.15, 0.2) is 5.82 Å². The summed E-state index contributed by atoms with van der Waals surface area (Å²) in [5, 5.41) is 10.2. The molecule has 2 aromatic carbocycles. The first-order chi connectivity index (χ1) is 19.2. The Labute approximate surface area is 236 Å². The van der Waals surface area contributed by atoms with Crippen molar-refractivity contribution in [1.82, 2.24) is 30.1 Å². The lowest BCUT2D eigenvalue weighted by Gasteiger charge is -2.26. The molecule has 0 radical (unpaired) electrons. The maximum absolute atomic E-state index is 15.0. The molecule has 0 spiro atoms. The van der Waals surface area contributed by atoms with E-state index < -0.39 is 17.5 Å². The zero-order valence-electron chi connectivity index (χ0n) is 23.1. The van der Waals surface area contributed by atoms with Gasteiger partial charge >= 0.3 is 6.09 Å². The molecule has 1 aliphatic heterocycles. The second kappa shape index (κ2) is 11.9. The molecular weight excluding hydrogens is 531 g/mol. The quantitative estimate of drug-likeness (QED) is 0.278. The van der Waals surface area contributed by atoms with Gasteiger partial charge in [0, 0.05) is 18.7 Å². The molecular formula is C29H35FN6O3S. The number of likely N-dealkylation sites (tertiary alicyclic amines) is 1. The van der Waals surface area contributed by atoms with Crippen LogP contribution in [-0.4, -0.2) is 63.3 Å². The molecule has 0 aliphatic carbocycles. The highest BCUT2D eigenvalue weighted by Crippen LogP contribution is 2.29. The van der Waals surface area contributed by atoms with E-state index in [1.54, 1.807) is 43.5 Å². The minimum absolute atomic E-state index is 0.0939. The van der Waals surface area contributed by atoms with Crippen LogP contribution in [0.1, 0.15) is 62.4 Å². The monoisotopic (exact) mass is 566 g/mol. The molecule has 0 atom stereocenters. The molecule has 2 amide bonds. The molecule has 2 aromatic heterocycles. The lowest BCUT2D eigenvalue weighted by atomic mass is 10.1. The van der Waals surface area contributed by atoms with Crippen LogP contribution in [0.4, 0.5) is 9.18 Å². The van der Waals surface area contributed by atoms with Crippen LogP contribution in [-0.2, 0) is 11.3 Å². The fourth-order valence-corrected chi connectivity index (χ4v) is 5.77. The number of rotatable bonds is 8. The summed E-state index contributed by atoms with van der Waals surface area (Å²) in [6, 6.07) is 10.2. The highest BCUT2D eigenvalue weighted by Gasteiger charge is 2.18. The molecule has 0 unspecified atom stereocenters. The van der Waals surface area contributed by atoms with E-state index in [1.165, 1.54) is 36.7 Å². The summed E-state index contributed by atoms with van der Waals surface area (Å²) in [5.74, 6) is -0.304. The topological polar surface area (TPSA) is 101 Å². The summed E-state index contributed by atoms with van der Waals surface area (Å²) in [7, 11) is 0. The van der Waals surface area contributed by atoms with Gasteiger partial charge in [-0.05, 0) is 95.6 Å². The minimum atomic E-state index is -0.608. The van der Waals surface area contributed by atoms with Gasteiger partial charge in [0.05, 0.1) is 15.8 Å². The zero-order chi connectivity index (χ0) is 28.3. The van der Waals surface area contributed by atoms with Crippen molar-refractivity contribution in [2.24, 2.45) is 0 Å². The molecule has 5 rings (SSSR count). The van der Waals surface area contributed by atoms with Crippen molar-refractivity contribution in [1.29, 1.82) is 0 Å². The number of benzene rings is 2. The Hall–Kier alpha value is -3.57. The predicted octanol–water partition coefficient (Wildman–Crippen LogP) is 5.38. The smallest absolute Gasteiger partial charge is 0.407 e. The SMILES string of the molecule is CC(C)(C)OC(=O)NCc1ccc(-c2nc3sc4cc(C(=O)NCCCN5CCCCC5)ccc4n3n2)c(F)c1. The van der Waals surface area contributed by atoms with Crippen LogP contribution >= 0.6 is 11.3 Å². The van der Waals surface area contributed by atoms with Crippen molar-refractivity contribution in [2.45, 2.75) is 58.6 Å². The van der Waals surface area contributed by atoms with E-state index in [4.69, 9.17) is 4.74 Å². The summed E-state index contributed by atoms with van der Waals surface area (Å²) < 4.78 is 22.7. The van der Waals surface area contributed by atoms with Crippen molar-refractivity contribution in [3.63, 3.8) is 0 Å².